The van der Waals surface area contributed by atoms with Gasteiger partial charge in [-0.3, -0.25) is 0 Å². The van der Waals surface area contributed by atoms with Crippen molar-refractivity contribution in [2.24, 2.45) is 0 Å². The van der Waals surface area contributed by atoms with Gasteiger partial charge in [0.2, 0.25) is 0 Å². The minimum Gasteiger partial charge on any atom is -0.493 e. The second-order valence-corrected chi connectivity index (χ2v) is 6.56. The van der Waals surface area contributed by atoms with Crippen LogP contribution in [0.4, 0.5) is 0 Å². The predicted molar refractivity (Wildman–Crippen MR) is 98.0 cm³/mol. The Morgan fingerprint density at radius 3 is 2.80 bits per heavy atom. The van der Waals surface area contributed by atoms with Crippen LogP contribution in [0.2, 0.25) is 0 Å². The highest BCUT2D eigenvalue weighted by Crippen LogP contribution is 2.29. The summed E-state index contributed by atoms with van der Waals surface area (Å²) in [7, 11) is 1.69. The number of methoxy groups -OCH3 is 1. The van der Waals surface area contributed by atoms with E-state index in [0.29, 0.717) is 12.7 Å². The van der Waals surface area contributed by atoms with Crippen molar-refractivity contribution in [2.45, 2.75) is 39.0 Å². The van der Waals surface area contributed by atoms with Crippen molar-refractivity contribution in [3.63, 3.8) is 0 Å². The fraction of sp³-hybridized carbons (Fsp3) is 0.429. The van der Waals surface area contributed by atoms with E-state index in [4.69, 9.17) is 14.2 Å². The molecule has 0 spiro atoms. The minimum absolute atomic E-state index is 0.415. The molecule has 2 N–H and O–H groups in total. The number of hydrogen-bond acceptors (Lipinski definition) is 3. The summed E-state index contributed by atoms with van der Waals surface area (Å²) in [5.74, 6) is 1.57. The summed E-state index contributed by atoms with van der Waals surface area (Å²) in [6, 6.07) is 14.5. The highest BCUT2D eigenvalue weighted by molar-refractivity contribution is 5.43. The Kier molecular flexibility index (Phi) is 6.31. The standard InChI is InChI=1S/C21H27NO3/c1-16-6-3-4-7-18(16)15-25-20-10-9-17(12-21(20)23-2)13-22-14-19-8-5-11-24-19/h3-4,6-7,9-10,12,19,22H,5,8,11,13-15H2,1-2H3/p+1/t19-/m1/s1. The lowest BCUT2D eigenvalue weighted by atomic mass is 10.1. The molecule has 1 saturated heterocycles. The maximum absolute atomic E-state index is 5.98. The SMILES string of the molecule is COc1cc(C[NH2+]C[C@H]2CCCO2)ccc1OCc1ccccc1C. The second kappa shape index (κ2) is 8.88. The van der Waals surface area contributed by atoms with Crippen LogP contribution in [-0.4, -0.2) is 26.4 Å². The number of hydrogen-bond donors (Lipinski definition) is 1. The van der Waals surface area contributed by atoms with Crippen LogP contribution < -0.4 is 14.8 Å². The fourth-order valence-corrected chi connectivity index (χ4v) is 3.15. The zero-order chi connectivity index (χ0) is 17.5. The number of aryl methyl sites for hydroxylation is 1. The molecule has 1 atom stereocenters. The minimum atomic E-state index is 0.415. The number of quaternary nitrogens is 1. The van der Waals surface area contributed by atoms with E-state index < -0.39 is 0 Å². The second-order valence-electron chi connectivity index (χ2n) is 6.56. The highest BCUT2D eigenvalue weighted by atomic mass is 16.5. The number of nitrogens with two attached hydrogens (primary N) is 1. The van der Waals surface area contributed by atoms with E-state index >= 15 is 0 Å². The lowest BCUT2D eigenvalue weighted by molar-refractivity contribution is -0.676. The lowest BCUT2D eigenvalue weighted by Crippen LogP contribution is -2.84. The fourth-order valence-electron chi connectivity index (χ4n) is 3.15. The van der Waals surface area contributed by atoms with Crippen molar-refractivity contribution in [3.8, 4) is 11.5 Å². The van der Waals surface area contributed by atoms with Gasteiger partial charge in [-0.15, -0.1) is 0 Å². The van der Waals surface area contributed by atoms with Gasteiger partial charge in [-0.2, -0.15) is 0 Å². The van der Waals surface area contributed by atoms with E-state index in [1.54, 1.807) is 7.11 Å². The Morgan fingerprint density at radius 1 is 1.16 bits per heavy atom. The summed E-state index contributed by atoms with van der Waals surface area (Å²) in [5.41, 5.74) is 3.67. The van der Waals surface area contributed by atoms with E-state index in [2.05, 4.69) is 36.5 Å². The van der Waals surface area contributed by atoms with Gasteiger partial charge >= 0.3 is 0 Å². The Labute approximate surface area is 150 Å². The summed E-state index contributed by atoms with van der Waals surface area (Å²) in [6.07, 6.45) is 2.80. The van der Waals surface area contributed by atoms with Gasteiger partial charge in [0.1, 0.15) is 25.8 Å². The van der Waals surface area contributed by atoms with Crippen molar-refractivity contribution in [3.05, 3.63) is 59.2 Å². The van der Waals surface area contributed by atoms with Gasteiger partial charge in [-0.25, -0.2) is 0 Å². The van der Waals surface area contributed by atoms with Gasteiger partial charge in [-0.05, 0) is 49.1 Å². The van der Waals surface area contributed by atoms with Gasteiger partial charge in [0.25, 0.3) is 0 Å². The van der Waals surface area contributed by atoms with Gasteiger partial charge < -0.3 is 19.5 Å². The molecule has 0 aliphatic carbocycles. The molecule has 1 heterocycles. The molecule has 134 valence electrons. The molecule has 4 heteroatoms. The molecule has 0 amide bonds. The summed E-state index contributed by atoms with van der Waals surface area (Å²) in [4.78, 5) is 0. The first kappa shape index (κ1) is 17.8. The summed E-state index contributed by atoms with van der Waals surface area (Å²) in [6.45, 7) is 5.51. The molecule has 0 bridgehead atoms. The smallest absolute Gasteiger partial charge is 0.161 e. The molecule has 2 aromatic rings. The van der Waals surface area contributed by atoms with Crippen LogP contribution in [0.5, 0.6) is 11.5 Å². The molecule has 0 unspecified atom stereocenters. The van der Waals surface area contributed by atoms with Gasteiger partial charge in [0.15, 0.2) is 11.5 Å². The van der Waals surface area contributed by atoms with Crippen LogP contribution >= 0.6 is 0 Å². The first-order valence-electron chi connectivity index (χ1n) is 9.04. The third kappa shape index (κ3) is 4.97. The van der Waals surface area contributed by atoms with Crippen molar-refractivity contribution in [1.29, 1.82) is 0 Å². The first-order valence-corrected chi connectivity index (χ1v) is 9.04. The Balaban J connectivity index is 1.56. The van der Waals surface area contributed by atoms with Crippen molar-refractivity contribution in [2.75, 3.05) is 20.3 Å². The zero-order valence-corrected chi connectivity index (χ0v) is 15.2. The normalized spacial score (nSPS) is 16.8. The molecular formula is C21H28NO3+. The van der Waals surface area contributed by atoms with E-state index in [1.165, 1.54) is 29.5 Å². The van der Waals surface area contributed by atoms with E-state index in [9.17, 15) is 0 Å². The Bertz CT molecular complexity index is 681. The lowest BCUT2D eigenvalue weighted by Gasteiger charge is -2.13. The maximum atomic E-state index is 5.98. The quantitative estimate of drug-likeness (QED) is 0.802. The molecule has 0 radical (unpaired) electrons. The van der Waals surface area contributed by atoms with Crippen LogP contribution in [0.1, 0.15) is 29.5 Å². The number of benzene rings is 2. The highest BCUT2D eigenvalue weighted by Gasteiger charge is 2.17. The number of ether oxygens (including phenoxy) is 3. The molecule has 1 aliphatic heterocycles. The molecule has 1 fully saturated rings. The van der Waals surface area contributed by atoms with E-state index in [0.717, 1.165) is 31.2 Å². The monoisotopic (exact) mass is 342 g/mol. The van der Waals surface area contributed by atoms with Crippen LogP contribution in [-0.2, 0) is 17.9 Å². The molecule has 3 rings (SSSR count). The third-order valence-corrected chi connectivity index (χ3v) is 4.71. The molecule has 4 nitrogen and oxygen atoms in total. The maximum Gasteiger partial charge on any atom is 0.161 e. The molecule has 25 heavy (non-hydrogen) atoms. The summed E-state index contributed by atoms with van der Waals surface area (Å²) in [5, 5.41) is 2.30. The average Bonchev–Trinajstić information content (AvgIpc) is 3.15. The molecule has 0 saturated carbocycles. The summed E-state index contributed by atoms with van der Waals surface area (Å²) >= 11 is 0. The third-order valence-electron chi connectivity index (χ3n) is 4.71. The van der Waals surface area contributed by atoms with Gasteiger partial charge in [0, 0.05) is 12.2 Å². The topological polar surface area (TPSA) is 44.3 Å². The van der Waals surface area contributed by atoms with Crippen molar-refractivity contribution < 1.29 is 19.5 Å². The van der Waals surface area contributed by atoms with E-state index in [1.807, 2.05) is 18.2 Å². The molecule has 2 aromatic carbocycles. The zero-order valence-electron chi connectivity index (χ0n) is 15.2. The largest absolute Gasteiger partial charge is 0.493 e. The van der Waals surface area contributed by atoms with Gasteiger partial charge in [-0.1, -0.05) is 24.3 Å². The molecule has 0 aromatic heterocycles. The predicted octanol–water partition coefficient (Wildman–Crippen LogP) is 2.83. The van der Waals surface area contributed by atoms with Crippen molar-refractivity contribution >= 4 is 0 Å². The van der Waals surface area contributed by atoms with Crippen LogP contribution in [0, 0.1) is 6.92 Å². The van der Waals surface area contributed by atoms with Crippen LogP contribution in [0.15, 0.2) is 42.5 Å². The van der Waals surface area contributed by atoms with Crippen LogP contribution in [0.3, 0.4) is 0 Å². The average molecular weight is 342 g/mol. The van der Waals surface area contributed by atoms with Crippen LogP contribution in [0.25, 0.3) is 0 Å². The number of rotatable bonds is 8. The Hall–Kier alpha value is -2.04. The van der Waals surface area contributed by atoms with Gasteiger partial charge in [0.05, 0.1) is 7.11 Å². The van der Waals surface area contributed by atoms with E-state index in [-0.39, 0.29) is 0 Å². The molecule has 1 aliphatic rings. The Morgan fingerprint density at radius 2 is 2.04 bits per heavy atom. The first-order chi connectivity index (χ1) is 12.3. The molecular weight excluding hydrogens is 314 g/mol. The summed E-state index contributed by atoms with van der Waals surface area (Å²) < 4.78 is 17.2. The van der Waals surface area contributed by atoms with Crippen molar-refractivity contribution in [1.82, 2.24) is 0 Å².